The molecule has 0 bridgehead atoms. The molecule has 2 heteroatoms. The number of fused-ring (bicyclic) bond motifs is 1. The first-order chi connectivity index (χ1) is 10.2. The molecule has 0 saturated heterocycles. The SMILES string of the molecule is CC1CCCC(C=O)(CN2CCc3ccccc3CC2)C1. The molecule has 2 nitrogen and oxygen atoms in total. The van der Waals surface area contributed by atoms with Gasteiger partial charge in [0, 0.05) is 25.0 Å². The van der Waals surface area contributed by atoms with Crippen LogP contribution in [-0.4, -0.2) is 30.8 Å². The molecule has 1 aromatic carbocycles. The zero-order chi connectivity index (χ0) is 14.7. The number of benzene rings is 1. The minimum absolute atomic E-state index is 0.0752. The Morgan fingerprint density at radius 3 is 2.48 bits per heavy atom. The zero-order valence-electron chi connectivity index (χ0n) is 13.2. The van der Waals surface area contributed by atoms with E-state index in [1.165, 1.54) is 30.3 Å². The molecule has 0 amide bonds. The molecule has 0 radical (unpaired) electrons. The monoisotopic (exact) mass is 285 g/mol. The van der Waals surface area contributed by atoms with E-state index in [-0.39, 0.29) is 5.41 Å². The Hall–Kier alpha value is -1.15. The van der Waals surface area contributed by atoms with Crippen molar-refractivity contribution >= 4 is 6.29 Å². The maximum atomic E-state index is 11.8. The van der Waals surface area contributed by atoms with Crippen LogP contribution in [0.1, 0.15) is 43.7 Å². The Kier molecular flexibility index (Phi) is 4.44. The van der Waals surface area contributed by atoms with E-state index in [1.54, 1.807) is 0 Å². The molecule has 1 aliphatic carbocycles. The Balaban J connectivity index is 1.67. The van der Waals surface area contributed by atoms with Crippen LogP contribution in [0, 0.1) is 11.3 Å². The smallest absolute Gasteiger partial charge is 0.127 e. The third kappa shape index (κ3) is 3.37. The first-order valence-electron chi connectivity index (χ1n) is 8.46. The van der Waals surface area contributed by atoms with Crippen LogP contribution in [0.5, 0.6) is 0 Å². The van der Waals surface area contributed by atoms with Gasteiger partial charge in [0.25, 0.3) is 0 Å². The molecule has 2 unspecified atom stereocenters. The summed E-state index contributed by atoms with van der Waals surface area (Å²) in [5.41, 5.74) is 2.92. The molecular formula is C19H27NO. The van der Waals surface area contributed by atoms with Crippen molar-refractivity contribution in [2.45, 2.75) is 45.4 Å². The van der Waals surface area contributed by atoms with Crippen molar-refractivity contribution in [1.29, 1.82) is 0 Å². The molecule has 2 aliphatic rings. The zero-order valence-corrected chi connectivity index (χ0v) is 13.2. The number of rotatable bonds is 3. The molecule has 3 rings (SSSR count). The first-order valence-corrected chi connectivity index (χ1v) is 8.46. The summed E-state index contributed by atoms with van der Waals surface area (Å²) in [7, 11) is 0. The summed E-state index contributed by atoms with van der Waals surface area (Å²) < 4.78 is 0. The lowest BCUT2D eigenvalue weighted by Gasteiger charge is -2.39. The second-order valence-electron chi connectivity index (χ2n) is 7.23. The predicted molar refractivity (Wildman–Crippen MR) is 86.4 cm³/mol. The van der Waals surface area contributed by atoms with Crippen molar-refractivity contribution in [3.8, 4) is 0 Å². The highest BCUT2D eigenvalue weighted by atomic mass is 16.1. The summed E-state index contributed by atoms with van der Waals surface area (Å²) in [4.78, 5) is 14.3. The van der Waals surface area contributed by atoms with Crippen molar-refractivity contribution in [3.63, 3.8) is 0 Å². The van der Waals surface area contributed by atoms with Crippen molar-refractivity contribution in [2.75, 3.05) is 19.6 Å². The van der Waals surface area contributed by atoms with Crippen molar-refractivity contribution in [2.24, 2.45) is 11.3 Å². The van der Waals surface area contributed by atoms with Gasteiger partial charge in [-0.3, -0.25) is 0 Å². The van der Waals surface area contributed by atoms with Gasteiger partial charge in [-0.2, -0.15) is 0 Å². The number of aldehydes is 1. The topological polar surface area (TPSA) is 20.3 Å². The van der Waals surface area contributed by atoms with E-state index in [4.69, 9.17) is 0 Å². The summed E-state index contributed by atoms with van der Waals surface area (Å²) in [6, 6.07) is 8.81. The highest BCUT2D eigenvalue weighted by Gasteiger charge is 2.36. The summed E-state index contributed by atoms with van der Waals surface area (Å²) in [5, 5.41) is 0. The largest absolute Gasteiger partial charge is 0.303 e. The number of carbonyl (C=O) groups excluding carboxylic acids is 1. The molecule has 1 fully saturated rings. The van der Waals surface area contributed by atoms with Gasteiger partial charge in [0.05, 0.1) is 0 Å². The Morgan fingerprint density at radius 1 is 1.24 bits per heavy atom. The average Bonchev–Trinajstić information content (AvgIpc) is 2.70. The van der Waals surface area contributed by atoms with Crippen LogP contribution in [-0.2, 0) is 17.6 Å². The molecule has 1 aliphatic heterocycles. The minimum Gasteiger partial charge on any atom is -0.303 e. The molecule has 21 heavy (non-hydrogen) atoms. The standard InChI is InChI=1S/C19H27NO/c1-16-5-4-10-19(13-16,15-21)14-20-11-8-17-6-2-3-7-18(17)9-12-20/h2-3,6-7,15-16H,4-5,8-14H2,1H3. The summed E-state index contributed by atoms with van der Waals surface area (Å²) in [6.07, 6.45) is 8.21. The summed E-state index contributed by atoms with van der Waals surface area (Å²) in [5.74, 6) is 0.702. The normalized spacial score (nSPS) is 30.4. The summed E-state index contributed by atoms with van der Waals surface area (Å²) >= 11 is 0. The van der Waals surface area contributed by atoms with Crippen LogP contribution >= 0.6 is 0 Å². The molecule has 0 spiro atoms. The van der Waals surface area contributed by atoms with Crippen molar-refractivity contribution in [1.82, 2.24) is 4.90 Å². The molecule has 0 aromatic heterocycles. The van der Waals surface area contributed by atoms with E-state index in [9.17, 15) is 4.79 Å². The second-order valence-corrected chi connectivity index (χ2v) is 7.23. The van der Waals surface area contributed by atoms with Gasteiger partial charge >= 0.3 is 0 Å². The van der Waals surface area contributed by atoms with Gasteiger partial charge in [-0.1, -0.05) is 44.0 Å². The van der Waals surface area contributed by atoms with Crippen LogP contribution in [0.4, 0.5) is 0 Å². The minimum atomic E-state index is -0.0752. The Bertz CT molecular complexity index is 471. The number of carbonyl (C=O) groups is 1. The van der Waals surface area contributed by atoms with Crippen LogP contribution in [0.15, 0.2) is 24.3 Å². The highest BCUT2D eigenvalue weighted by molar-refractivity contribution is 5.60. The Labute approximate surface area is 128 Å². The summed E-state index contributed by atoms with van der Waals surface area (Å²) in [6.45, 7) is 5.46. The van der Waals surface area contributed by atoms with E-state index in [0.717, 1.165) is 45.3 Å². The maximum absolute atomic E-state index is 11.8. The van der Waals surface area contributed by atoms with E-state index < -0.39 is 0 Å². The van der Waals surface area contributed by atoms with Crippen LogP contribution in [0.3, 0.4) is 0 Å². The van der Waals surface area contributed by atoms with Gasteiger partial charge in [0.15, 0.2) is 0 Å². The lowest BCUT2D eigenvalue weighted by molar-refractivity contribution is -0.120. The molecule has 2 atom stereocenters. The highest BCUT2D eigenvalue weighted by Crippen LogP contribution is 2.38. The number of hydrogen-bond donors (Lipinski definition) is 0. The van der Waals surface area contributed by atoms with Gasteiger partial charge in [-0.15, -0.1) is 0 Å². The average molecular weight is 285 g/mol. The molecule has 1 aromatic rings. The molecule has 114 valence electrons. The molecule has 1 heterocycles. The fourth-order valence-electron chi connectivity index (χ4n) is 4.31. The van der Waals surface area contributed by atoms with Gasteiger partial charge < -0.3 is 9.69 Å². The van der Waals surface area contributed by atoms with Crippen LogP contribution in [0.2, 0.25) is 0 Å². The van der Waals surface area contributed by atoms with Crippen molar-refractivity contribution in [3.05, 3.63) is 35.4 Å². The third-order valence-corrected chi connectivity index (χ3v) is 5.43. The van der Waals surface area contributed by atoms with Gasteiger partial charge in [-0.05, 0) is 42.7 Å². The lowest BCUT2D eigenvalue weighted by atomic mass is 9.70. The van der Waals surface area contributed by atoms with Gasteiger partial charge in [0.1, 0.15) is 6.29 Å². The van der Waals surface area contributed by atoms with E-state index >= 15 is 0 Å². The Morgan fingerprint density at radius 2 is 1.90 bits per heavy atom. The predicted octanol–water partition coefficient (Wildman–Crippen LogP) is 3.48. The van der Waals surface area contributed by atoms with E-state index in [1.807, 2.05) is 0 Å². The fourth-order valence-corrected chi connectivity index (χ4v) is 4.31. The quantitative estimate of drug-likeness (QED) is 0.792. The van der Waals surface area contributed by atoms with Gasteiger partial charge in [-0.25, -0.2) is 0 Å². The lowest BCUT2D eigenvalue weighted by Crippen LogP contribution is -2.42. The molecule has 1 saturated carbocycles. The molecule has 0 N–H and O–H groups in total. The van der Waals surface area contributed by atoms with Crippen LogP contribution in [0.25, 0.3) is 0 Å². The van der Waals surface area contributed by atoms with E-state index in [2.05, 4.69) is 36.1 Å². The molecular weight excluding hydrogens is 258 g/mol. The maximum Gasteiger partial charge on any atom is 0.127 e. The van der Waals surface area contributed by atoms with E-state index in [0.29, 0.717) is 5.92 Å². The fraction of sp³-hybridized carbons (Fsp3) is 0.632. The van der Waals surface area contributed by atoms with Gasteiger partial charge in [0.2, 0.25) is 0 Å². The third-order valence-electron chi connectivity index (χ3n) is 5.43. The van der Waals surface area contributed by atoms with Crippen LogP contribution < -0.4 is 0 Å². The first kappa shape index (κ1) is 14.8. The second kappa shape index (κ2) is 6.31. The van der Waals surface area contributed by atoms with Crippen molar-refractivity contribution < 1.29 is 4.79 Å². The number of hydrogen-bond acceptors (Lipinski definition) is 2. The number of nitrogens with zero attached hydrogens (tertiary/aromatic N) is 1.